The molecule has 0 rings (SSSR count). The maximum absolute atomic E-state index is 10.4. The molecule has 0 fully saturated rings. The van der Waals surface area contributed by atoms with E-state index in [1.807, 2.05) is 0 Å². The Balaban J connectivity index is 3.44. The molecule has 0 aliphatic carbocycles. The second-order valence-electron chi connectivity index (χ2n) is 1.67. The van der Waals surface area contributed by atoms with Crippen LogP contribution in [0.15, 0.2) is 0 Å². The Bertz CT molecular complexity index is 201. The van der Waals surface area contributed by atoms with Crippen molar-refractivity contribution in [2.24, 2.45) is 0 Å². The summed E-state index contributed by atoms with van der Waals surface area (Å²) in [7, 11) is -2.91. The minimum atomic E-state index is -2.91. The molecule has 0 aromatic carbocycles. The van der Waals surface area contributed by atoms with Gasteiger partial charge in [0.25, 0.3) is 0 Å². The van der Waals surface area contributed by atoms with Crippen LogP contribution in [-0.2, 0) is 9.84 Å². The largest absolute Gasteiger partial charge is 0.323 e. The molecule has 0 aliphatic rings. The molecule has 0 radical (unpaired) electrons. The van der Waals surface area contributed by atoms with E-state index in [9.17, 15) is 8.42 Å². The molecular weight excluding hydrogens is 140 g/mol. The third-order valence-electron chi connectivity index (χ3n) is 0.677. The van der Waals surface area contributed by atoms with Gasteiger partial charge >= 0.3 is 0 Å². The Morgan fingerprint density at radius 2 is 2.22 bits per heavy atom. The molecule has 0 aromatic heterocycles. The molecule has 0 heterocycles. The molecule has 0 saturated heterocycles. The molecule has 0 bridgehead atoms. The lowest BCUT2D eigenvalue weighted by molar-refractivity contribution is 0.600. The molecule has 0 atom stereocenters. The molecule has 0 aromatic rings. The summed E-state index contributed by atoms with van der Waals surface area (Å²) in [5.74, 6) is 0.0144. The summed E-state index contributed by atoms with van der Waals surface area (Å²) < 4.78 is 20.7. The first-order chi connectivity index (χ1) is 4.06. The average Bonchev–Trinajstić information content (AvgIpc) is 1.63. The summed E-state index contributed by atoms with van der Waals surface area (Å²) in [5.41, 5.74) is 0. The van der Waals surface area contributed by atoms with Crippen LogP contribution in [0.25, 0.3) is 0 Å². The van der Waals surface area contributed by atoms with Gasteiger partial charge < -0.3 is 5.32 Å². The van der Waals surface area contributed by atoms with Crippen LogP contribution in [-0.4, -0.2) is 27.0 Å². The van der Waals surface area contributed by atoms with Crippen molar-refractivity contribution < 1.29 is 8.42 Å². The summed E-state index contributed by atoms with van der Waals surface area (Å²) >= 11 is 0. The number of nitriles is 1. The smallest absolute Gasteiger partial charge is 0.176 e. The van der Waals surface area contributed by atoms with Crippen molar-refractivity contribution >= 4 is 9.84 Å². The predicted octanol–water partition coefficient (Wildman–Crippen LogP) is -0.898. The predicted molar refractivity (Wildman–Crippen MR) is 33.3 cm³/mol. The van der Waals surface area contributed by atoms with Gasteiger partial charge in [0.15, 0.2) is 6.19 Å². The summed E-state index contributed by atoms with van der Waals surface area (Å²) in [4.78, 5) is 0. The van der Waals surface area contributed by atoms with E-state index in [2.05, 4.69) is 5.32 Å². The van der Waals surface area contributed by atoms with E-state index < -0.39 is 9.84 Å². The first-order valence-electron chi connectivity index (χ1n) is 2.36. The van der Waals surface area contributed by atoms with Gasteiger partial charge in [-0.25, -0.2) is 8.42 Å². The standard InChI is InChI=1S/C4H8N2O2S/c1-9(7,8)3-2-6-4-5/h6H,2-3H2,1H3. The highest BCUT2D eigenvalue weighted by Gasteiger charge is 1.98. The Morgan fingerprint density at radius 1 is 1.67 bits per heavy atom. The molecule has 52 valence electrons. The highest BCUT2D eigenvalue weighted by molar-refractivity contribution is 7.90. The number of sulfone groups is 1. The molecule has 0 saturated carbocycles. The fraction of sp³-hybridized carbons (Fsp3) is 0.750. The number of rotatable bonds is 3. The molecule has 0 spiro atoms. The lowest BCUT2D eigenvalue weighted by atomic mass is 10.8. The fourth-order valence-electron chi connectivity index (χ4n) is 0.292. The van der Waals surface area contributed by atoms with Crippen LogP contribution < -0.4 is 5.32 Å². The third-order valence-corrected chi connectivity index (χ3v) is 1.62. The Kier molecular flexibility index (Phi) is 3.02. The van der Waals surface area contributed by atoms with Gasteiger partial charge in [0.2, 0.25) is 0 Å². The van der Waals surface area contributed by atoms with Gasteiger partial charge in [0.05, 0.1) is 5.75 Å². The van der Waals surface area contributed by atoms with Gasteiger partial charge in [-0.3, -0.25) is 0 Å². The Labute approximate surface area is 54.4 Å². The van der Waals surface area contributed by atoms with Crippen LogP contribution in [0.4, 0.5) is 0 Å². The van der Waals surface area contributed by atoms with Crippen LogP contribution in [0.2, 0.25) is 0 Å². The molecule has 0 aliphatic heterocycles. The normalized spacial score (nSPS) is 10.2. The molecular formula is C4H8N2O2S. The summed E-state index contributed by atoms with van der Waals surface area (Å²) in [5, 5.41) is 10.1. The van der Waals surface area contributed by atoms with Crippen molar-refractivity contribution in [3.8, 4) is 6.19 Å². The van der Waals surface area contributed by atoms with Crippen LogP contribution >= 0.6 is 0 Å². The zero-order valence-corrected chi connectivity index (χ0v) is 5.90. The zero-order valence-electron chi connectivity index (χ0n) is 5.09. The molecule has 9 heavy (non-hydrogen) atoms. The first-order valence-corrected chi connectivity index (χ1v) is 4.42. The van der Waals surface area contributed by atoms with Crippen LogP contribution in [0, 0.1) is 11.5 Å². The lowest BCUT2D eigenvalue weighted by Gasteiger charge is -1.92. The van der Waals surface area contributed by atoms with E-state index in [4.69, 9.17) is 5.26 Å². The lowest BCUT2D eigenvalue weighted by Crippen LogP contribution is -2.17. The van der Waals surface area contributed by atoms with E-state index in [1.54, 1.807) is 6.19 Å². The Morgan fingerprint density at radius 3 is 2.56 bits per heavy atom. The number of hydrogen-bond donors (Lipinski definition) is 1. The van der Waals surface area contributed by atoms with Gasteiger partial charge in [-0.2, -0.15) is 5.26 Å². The van der Waals surface area contributed by atoms with Crippen LogP contribution in [0.1, 0.15) is 0 Å². The van der Waals surface area contributed by atoms with Gasteiger partial charge in [-0.05, 0) is 0 Å². The van der Waals surface area contributed by atoms with E-state index in [-0.39, 0.29) is 12.3 Å². The van der Waals surface area contributed by atoms with Gasteiger partial charge in [0.1, 0.15) is 9.84 Å². The van der Waals surface area contributed by atoms with Crippen molar-refractivity contribution in [2.75, 3.05) is 18.6 Å². The number of hydrogen-bond acceptors (Lipinski definition) is 4. The van der Waals surface area contributed by atoms with Gasteiger partial charge in [-0.15, -0.1) is 0 Å². The number of nitrogens with zero attached hydrogens (tertiary/aromatic N) is 1. The quantitative estimate of drug-likeness (QED) is 0.320. The molecule has 5 heteroatoms. The van der Waals surface area contributed by atoms with Crippen LogP contribution in [0.5, 0.6) is 0 Å². The zero-order chi connectivity index (χ0) is 7.33. The minimum absolute atomic E-state index is 0.0144. The molecule has 4 nitrogen and oxygen atoms in total. The van der Waals surface area contributed by atoms with E-state index in [0.717, 1.165) is 6.26 Å². The highest BCUT2D eigenvalue weighted by atomic mass is 32.2. The van der Waals surface area contributed by atoms with Crippen molar-refractivity contribution in [1.82, 2.24) is 5.32 Å². The average molecular weight is 148 g/mol. The monoisotopic (exact) mass is 148 g/mol. The maximum Gasteiger partial charge on any atom is 0.176 e. The van der Waals surface area contributed by atoms with E-state index in [0.29, 0.717) is 0 Å². The topological polar surface area (TPSA) is 70.0 Å². The van der Waals surface area contributed by atoms with Crippen molar-refractivity contribution in [1.29, 1.82) is 5.26 Å². The first kappa shape index (κ1) is 8.24. The van der Waals surface area contributed by atoms with Crippen molar-refractivity contribution in [3.05, 3.63) is 0 Å². The van der Waals surface area contributed by atoms with Crippen LogP contribution in [0.3, 0.4) is 0 Å². The molecule has 1 N–H and O–H groups in total. The Hall–Kier alpha value is -0.760. The molecule has 0 amide bonds. The fourth-order valence-corrected chi connectivity index (χ4v) is 0.765. The van der Waals surface area contributed by atoms with E-state index >= 15 is 0 Å². The van der Waals surface area contributed by atoms with E-state index in [1.165, 1.54) is 0 Å². The SMILES string of the molecule is CS(=O)(=O)CCNC#N. The van der Waals surface area contributed by atoms with Crippen molar-refractivity contribution in [2.45, 2.75) is 0 Å². The molecule has 0 unspecified atom stereocenters. The summed E-state index contributed by atoms with van der Waals surface area (Å²) in [6.07, 6.45) is 2.76. The summed E-state index contributed by atoms with van der Waals surface area (Å²) in [6, 6.07) is 0. The minimum Gasteiger partial charge on any atom is -0.323 e. The second-order valence-corrected chi connectivity index (χ2v) is 3.93. The third kappa shape index (κ3) is 7.24. The second kappa shape index (κ2) is 3.30. The van der Waals surface area contributed by atoms with Gasteiger partial charge in [0, 0.05) is 12.8 Å². The maximum atomic E-state index is 10.4. The summed E-state index contributed by atoms with van der Waals surface area (Å²) in [6.45, 7) is 0.204. The number of nitrogens with one attached hydrogen (secondary N) is 1. The van der Waals surface area contributed by atoms with Gasteiger partial charge in [-0.1, -0.05) is 0 Å². The van der Waals surface area contributed by atoms with Crippen molar-refractivity contribution in [3.63, 3.8) is 0 Å². The highest BCUT2D eigenvalue weighted by Crippen LogP contribution is 1.77.